The second-order valence-electron chi connectivity index (χ2n) is 5.42. The summed E-state index contributed by atoms with van der Waals surface area (Å²) >= 11 is 12.2. The molecule has 0 aliphatic rings. The minimum atomic E-state index is -0.394. The lowest BCUT2D eigenvalue weighted by molar-refractivity contribution is -0.118. The lowest BCUT2D eigenvalue weighted by Crippen LogP contribution is -2.26. The number of anilines is 2. The molecule has 0 saturated heterocycles. The monoisotopic (exact) mass is 388 g/mol. The number of amides is 2. The molecule has 1 heterocycles. The van der Waals surface area contributed by atoms with Crippen molar-refractivity contribution in [2.75, 3.05) is 10.7 Å². The van der Waals surface area contributed by atoms with E-state index in [-0.39, 0.29) is 5.91 Å². The van der Waals surface area contributed by atoms with E-state index < -0.39 is 5.91 Å². The number of hydrazine groups is 1. The Morgan fingerprint density at radius 3 is 2.38 bits per heavy atom. The smallest absolute Gasteiger partial charge is 0.257 e. The molecule has 0 unspecified atom stereocenters. The van der Waals surface area contributed by atoms with Crippen molar-refractivity contribution in [1.82, 2.24) is 10.4 Å². The number of aromatic nitrogens is 1. The molecule has 0 radical (unpaired) electrons. The molecule has 0 bridgehead atoms. The summed E-state index contributed by atoms with van der Waals surface area (Å²) in [6.07, 6.45) is 1.55. The highest BCUT2D eigenvalue weighted by molar-refractivity contribution is 6.40. The molecule has 3 N–H and O–H groups in total. The molecule has 0 aliphatic heterocycles. The standard InChI is InChI=1S/C18H14Cl2N4O2/c1-10(25)23-24-15-8-9-21-16-11(15)4-2-5-12(16)18(26)22-17-13(19)6-3-7-14(17)20/h2-9H,1H3,(H,21,24)(H,22,26)(H,23,25). The molecule has 2 aromatic carbocycles. The third-order valence-corrected chi connectivity index (χ3v) is 4.22. The van der Waals surface area contributed by atoms with E-state index in [1.807, 2.05) is 0 Å². The summed E-state index contributed by atoms with van der Waals surface area (Å²) < 4.78 is 0. The molecule has 0 aliphatic carbocycles. The Morgan fingerprint density at radius 2 is 1.69 bits per heavy atom. The quantitative estimate of drug-likeness (QED) is 0.583. The number of rotatable bonds is 4. The first-order chi connectivity index (χ1) is 12.5. The maximum Gasteiger partial charge on any atom is 0.257 e. The van der Waals surface area contributed by atoms with E-state index in [9.17, 15) is 9.59 Å². The van der Waals surface area contributed by atoms with E-state index in [2.05, 4.69) is 21.2 Å². The largest absolute Gasteiger partial charge is 0.319 e. The summed E-state index contributed by atoms with van der Waals surface area (Å²) in [4.78, 5) is 28.2. The Labute approximate surface area is 159 Å². The van der Waals surface area contributed by atoms with Crippen molar-refractivity contribution >= 4 is 57.3 Å². The first-order valence-electron chi connectivity index (χ1n) is 7.63. The lowest BCUT2D eigenvalue weighted by atomic mass is 10.1. The minimum Gasteiger partial charge on any atom is -0.319 e. The summed E-state index contributed by atoms with van der Waals surface area (Å²) in [6.45, 7) is 1.39. The van der Waals surface area contributed by atoms with Crippen molar-refractivity contribution in [3.63, 3.8) is 0 Å². The van der Waals surface area contributed by atoms with Gasteiger partial charge in [0.25, 0.3) is 5.91 Å². The van der Waals surface area contributed by atoms with E-state index >= 15 is 0 Å². The number of fused-ring (bicyclic) bond motifs is 1. The van der Waals surface area contributed by atoms with Gasteiger partial charge in [0.2, 0.25) is 5.91 Å². The number of nitrogens with zero attached hydrogens (tertiary/aromatic N) is 1. The predicted molar refractivity (Wildman–Crippen MR) is 104 cm³/mol. The van der Waals surface area contributed by atoms with Crippen LogP contribution in [0.3, 0.4) is 0 Å². The van der Waals surface area contributed by atoms with Crippen LogP contribution < -0.4 is 16.2 Å². The van der Waals surface area contributed by atoms with Crippen molar-refractivity contribution < 1.29 is 9.59 Å². The van der Waals surface area contributed by atoms with Crippen molar-refractivity contribution in [3.8, 4) is 0 Å². The number of halogens is 2. The minimum absolute atomic E-state index is 0.239. The van der Waals surface area contributed by atoms with Gasteiger partial charge in [0.15, 0.2) is 0 Å². The van der Waals surface area contributed by atoms with Crippen molar-refractivity contribution in [3.05, 3.63) is 64.3 Å². The zero-order valence-corrected chi connectivity index (χ0v) is 15.2. The number of hydrogen-bond acceptors (Lipinski definition) is 4. The summed E-state index contributed by atoms with van der Waals surface area (Å²) in [5.41, 5.74) is 7.10. The lowest BCUT2D eigenvalue weighted by Gasteiger charge is -2.13. The van der Waals surface area contributed by atoms with Crippen LogP contribution in [0.25, 0.3) is 10.9 Å². The molecular formula is C18H14Cl2N4O2. The summed E-state index contributed by atoms with van der Waals surface area (Å²) in [5.74, 6) is -0.632. The Balaban J connectivity index is 1.99. The van der Waals surface area contributed by atoms with E-state index in [1.165, 1.54) is 6.92 Å². The Kier molecular flexibility index (Phi) is 5.25. The van der Waals surface area contributed by atoms with Crippen LogP contribution in [0.4, 0.5) is 11.4 Å². The molecule has 26 heavy (non-hydrogen) atoms. The van der Waals surface area contributed by atoms with E-state index in [4.69, 9.17) is 23.2 Å². The normalized spacial score (nSPS) is 10.4. The number of para-hydroxylation sites is 2. The number of pyridine rings is 1. The Hall–Kier alpha value is -2.83. The highest BCUT2D eigenvalue weighted by Crippen LogP contribution is 2.31. The van der Waals surface area contributed by atoms with Gasteiger partial charge in [-0.05, 0) is 24.3 Å². The maximum absolute atomic E-state index is 12.8. The van der Waals surface area contributed by atoms with Crippen LogP contribution in [0.15, 0.2) is 48.7 Å². The van der Waals surface area contributed by atoms with Crippen LogP contribution in [0.2, 0.25) is 10.0 Å². The van der Waals surface area contributed by atoms with E-state index in [0.717, 1.165) is 0 Å². The maximum atomic E-state index is 12.8. The van der Waals surface area contributed by atoms with Crippen LogP contribution in [-0.4, -0.2) is 16.8 Å². The number of benzene rings is 2. The molecule has 0 spiro atoms. The topological polar surface area (TPSA) is 83.1 Å². The van der Waals surface area contributed by atoms with Gasteiger partial charge < -0.3 is 5.32 Å². The average molecular weight is 389 g/mol. The van der Waals surface area contributed by atoms with Crippen LogP contribution in [0, 0.1) is 0 Å². The zero-order valence-electron chi connectivity index (χ0n) is 13.6. The molecule has 0 fully saturated rings. The number of hydrogen-bond donors (Lipinski definition) is 3. The highest BCUT2D eigenvalue weighted by atomic mass is 35.5. The molecule has 3 aromatic rings. The van der Waals surface area contributed by atoms with Gasteiger partial charge in [0, 0.05) is 18.5 Å². The van der Waals surface area contributed by atoms with Gasteiger partial charge >= 0.3 is 0 Å². The Morgan fingerprint density at radius 1 is 1.00 bits per heavy atom. The third kappa shape index (κ3) is 3.71. The summed E-state index contributed by atoms with van der Waals surface area (Å²) in [6, 6.07) is 11.8. The van der Waals surface area contributed by atoms with E-state index in [0.29, 0.717) is 37.9 Å². The van der Waals surface area contributed by atoms with Gasteiger partial charge in [-0.1, -0.05) is 41.4 Å². The SMILES string of the molecule is CC(=O)NNc1ccnc2c(C(=O)Nc3c(Cl)cccc3Cl)cccc12. The van der Waals surface area contributed by atoms with Crippen molar-refractivity contribution in [2.24, 2.45) is 0 Å². The summed E-state index contributed by atoms with van der Waals surface area (Å²) in [5, 5.41) is 4.08. The molecular weight excluding hydrogens is 375 g/mol. The summed E-state index contributed by atoms with van der Waals surface area (Å²) in [7, 11) is 0. The van der Waals surface area contributed by atoms with Gasteiger partial charge in [-0.25, -0.2) is 0 Å². The van der Waals surface area contributed by atoms with E-state index in [1.54, 1.807) is 48.7 Å². The van der Waals surface area contributed by atoms with Gasteiger partial charge in [-0.2, -0.15) is 0 Å². The number of carbonyl (C=O) groups excluding carboxylic acids is 2. The average Bonchev–Trinajstić information content (AvgIpc) is 2.62. The molecule has 8 heteroatoms. The first kappa shape index (κ1) is 18.0. The fraction of sp³-hybridized carbons (Fsp3) is 0.0556. The molecule has 132 valence electrons. The van der Waals surface area contributed by atoms with Gasteiger partial charge in [0.05, 0.1) is 32.5 Å². The first-order valence-corrected chi connectivity index (χ1v) is 8.38. The third-order valence-electron chi connectivity index (χ3n) is 3.59. The highest BCUT2D eigenvalue weighted by Gasteiger charge is 2.16. The number of nitrogens with one attached hydrogen (secondary N) is 3. The molecule has 3 rings (SSSR count). The molecule has 2 amide bonds. The fourth-order valence-corrected chi connectivity index (χ4v) is 2.91. The van der Waals surface area contributed by atoms with Crippen LogP contribution >= 0.6 is 23.2 Å². The molecule has 0 atom stereocenters. The van der Waals surface area contributed by atoms with Gasteiger partial charge in [0.1, 0.15) is 0 Å². The van der Waals surface area contributed by atoms with Gasteiger partial charge in [-0.15, -0.1) is 0 Å². The second kappa shape index (κ2) is 7.59. The molecule has 0 saturated carbocycles. The van der Waals surface area contributed by atoms with Crippen molar-refractivity contribution in [1.29, 1.82) is 0 Å². The molecule has 6 nitrogen and oxygen atoms in total. The van der Waals surface area contributed by atoms with Crippen LogP contribution in [-0.2, 0) is 4.79 Å². The van der Waals surface area contributed by atoms with Crippen LogP contribution in [0.5, 0.6) is 0 Å². The fourth-order valence-electron chi connectivity index (χ4n) is 2.42. The van der Waals surface area contributed by atoms with Crippen LogP contribution in [0.1, 0.15) is 17.3 Å². The Bertz CT molecular complexity index is 987. The second-order valence-corrected chi connectivity index (χ2v) is 6.23. The van der Waals surface area contributed by atoms with Crippen molar-refractivity contribution in [2.45, 2.75) is 6.92 Å². The predicted octanol–water partition coefficient (Wildman–Crippen LogP) is 4.26. The number of carbonyl (C=O) groups is 2. The van der Waals surface area contributed by atoms with Gasteiger partial charge in [-0.3, -0.25) is 25.4 Å². The molecule has 1 aromatic heterocycles. The zero-order chi connectivity index (χ0) is 18.7.